The summed E-state index contributed by atoms with van der Waals surface area (Å²) >= 11 is 0. The predicted octanol–water partition coefficient (Wildman–Crippen LogP) is 3.50. The van der Waals surface area contributed by atoms with E-state index in [1.807, 2.05) is 67.6 Å². The quantitative estimate of drug-likeness (QED) is 0.586. The smallest absolute Gasteiger partial charge is 0.408 e. The number of carbonyl (C=O) groups is 3. The van der Waals surface area contributed by atoms with Crippen molar-refractivity contribution < 1.29 is 19.1 Å². The highest BCUT2D eigenvalue weighted by Gasteiger charge is 2.27. The maximum atomic E-state index is 13.0. The van der Waals surface area contributed by atoms with Gasteiger partial charge in [-0.15, -0.1) is 0 Å². The number of rotatable bonds is 8. The molecular weight excluding hydrogens is 406 g/mol. The van der Waals surface area contributed by atoms with Gasteiger partial charge in [0.15, 0.2) is 0 Å². The average molecular weight is 440 g/mol. The van der Waals surface area contributed by atoms with Gasteiger partial charge in [-0.1, -0.05) is 60.7 Å². The summed E-state index contributed by atoms with van der Waals surface area (Å²) in [6.45, 7) is 8.74. The number of hydrogen-bond acceptors (Lipinski definition) is 4. The lowest BCUT2D eigenvalue weighted by atomic mass is 10.0. The van der Waals surface area contributed by atoms with Crippen LogP contribution < -0.4 is 16.0 Å². The first-order valence-electron chi connectivity index (χ1n) is 10.7. The molecule has 2 rings (SSSR count). The van der Waals surface area contributed by atoms with Gasteiger partial charge in [0, 0.05) is 6.42 Å². The van der Waals surface area contributed by atoms with Gasteiger partial charge in [-0.3, -0.25) is 9.59 Å². The SMILES string of the molecule is C[C@H](NC(=O)[C@H](Cc1ccccc1)NC(=O)OC(C)(C)C)C(=O)N[C@@H](C)c1ccccc1. The molecular formula is C25H33N3O4. The zero-order valence-electron chi connectivity index (χ0n) is 19.3. The Labute approximate surface area is 189 Å². The maximum absolute atomic E-state index is 13.0. The van der Waals surface area contributed by atoms with E-state index in [4.69, 9.17) is 4.74 Å². The third-order valence-electron chi connectivity index (χ3n) is 4.70. The first kappa shape index (κ1) is 24.9. The van der Waals surface area contributed by atoms with E-state index in [-0.39, 0.29) is 18.4 Å². The number of carbonyl (C=O) groups excluding carboxylic acids is 3. The molecule has 2 aromatic carbocycles. The standard InChI is InChI=1S/C25H33N3O4/c1-17(20-14-10-7-11-15-20)26-22(29)18(2)27-23(30)21(16-19-12-8-6-9-13-19)28-24(31)32-25(3,4)5/h6-15,17-18,21H,16H2,1-5H3,(H,26,29)(H,27,30)(H,28,31)/t17-,18-,21-/m0/s1. The molecule has 3 amide bonds. The van der Waals surface area contributed by atoms with Gasteiger partial charge in [0.05, 0.1) is 6.04 Å². The summed E-state index contributed by atoms with van der Waals surface area (Å²) < 4.78 is 5.30. The van der Waals surface area contributed by atoms with Gasteiger partial charge in [-0.2, -0.15) is 0 Å². The van der Waals surface area contributed by atoms with E-state index < -0.39 is 29.7 Å². The fraction of sp³-hybridized carbons (Fsp3) is 0.400. The van der Waals surface area contributed by atoms with E-state index in [9.17, 15) is 14.4 Å². The summed E-state index contributed by atoms with van der Waals surface area (Å²) in [6, 6.07) is 17.0. The number of ether oxygens (including phenoxy) is 1. The second kappa shape index (κ2) is 11.3. The van der Waals surface area contributed by atoms with Crippen molar-refractivity contribution in [1.29, 1.82) is 0 Å². The second-order valence-electron chi connectivity index (χ2n) is 8.76. The average Bonchev–Trinajstić information content (AvgIpc) is 2.73. The molecule has 7 heteroatoms. The van der Waals surface area contributed by atoms with Crippen molar-refractivity contribution in [1.82, 2.24) is 16.0 Å². The summed E-state index contributed by atoms with van der Waals surface area (Å²) in [4.78, 5) is 37.9. The van der Waals surface area contributed by atoms with Crippen LogP contribution in [0.2, 0.25) is 0 Å². The first-order chi connectivity index (χ1) is 15.0. The monoisotopic (exact) mass is 439 g/mol. The third-order valence-corrected chi connectivity index (χ3v) is 4.70. The molecule has 0 bridgehead atoms. The zero-order valence-corrected chi connectivity index (χ0v) is 19.3. The minimum atomic E-state index is -0.894. The highest BCUT2D eigenvalue weighted by atomic mass is 16.6. The third kappa shape index (κ3) is 8.41. The fourth-order valence-corrected chi connectivity index (χ4v) is 3.05. The van der Waals surface area contributed by atoms with Gasteiger partial charge in [0.2, 0.25) is 11.8 Å². The van der Waals surface area contributed by atoms with Gasteiger partial charge in [0.1, 0.15) is 17.7 Å². The highest BCUT2D eigenvalue weighted by Crippen LogP contribution is 2.12. The van der Waals surface area contributed by atoms with Crippen LogP contribution in [-0.2, 0) is 20.7 Å². The summed E-state index contributed by atoms with van der Waals surface area (Å²) in [6.07, 6.45) is -0.427. The second-order valence-corrected chi connectivity index (χ2v) is 8.76. The van der Waals surface area contributed by atoms with E-state index in [2.05, 4.69) is 16.0 Å². The molecule has 2 aromatic rings. The molecule has 0 spiro atoms. The Bertz CT molecular complexity index is 894. The number of nitrogens with one attached hydrogen (secondary N) is 3. The van der Waals surface area contributed by atoms with Crippen LogP contribution in [0, 0.1) is 0 Å². The molecule has 32 heavy (non-hydrogen) atoms. The lowest BCUT2D eigenvalue weighted by Gasteiger charge is -2.25. The molecule has 0 aromatic heterocycles. The minimum Gasteiger partial charge on any atom is -0.444 e. The Morgan fingerprint density at radius 3 is 1.94 bits per heavy atom. The van der Waals surface area contributed by atoms with E-state index in [0.717, 1.165) is 11.1 Å². The van der Waals surface area contributed by atoms with E-state index >= 15 is 0 Å². The summed E-state index contributed by atoms with van der Waals surface area (Å²) in [7, 11) is 0. The molecule has 3 atom stereocenters. The van der Waals surface area contributed by atoms with Gasteiger partial charge < -0.3 is 20.7 Å². The van der Waals surface area contributed by atoms with Crippen LogP contribution in [0.25, 0.3) is 0 Å². The molecule has 0 aliphatic rings. The van der Waals surface area contributed by atoms with Crippen molar-refractivity contribution in [2.75, 3.05) is 0 Å². The van der Waals surface area contributed by atoms with Crippen molar-refractivity contribution >= 4 is 17.9 Å². The topological polar surface area (TPSA) is 96.5 Å². The van der Waals surface area contributed by atoms with Crippen molar-refractivity contribution in [2.24, 2.45) is 0 Å². The fourth-order valence-electron chi connectivity index (χ4n) is 3.05. The zero-order chi connectivity index (χ0) is 23.7. The normalized spacial score (nSPS) is 13.9. The molecule has 0 heterocycles. The molecule has 3 N–H and O–H groups in total. The molecule has 172 valence electrons. The van der Waals surface area contributed by atoms with Gasteiger partial charge in [0.25, 0.3) is 0 Å². The van der Waals surface area contributed by atoms with Crippen LogP contribution in [-0.4, -0.2) is 35.6 Å². The molecule has 0 saturated carbocycles. The number of hydrogen-bond donors (Lipinski definition) is 3. The molecule has 7 nitrogen and oxygen atoms in total. The minimum absolute atomic E-state index is 0.206. The Hall–Kier alpha value is -3.35. The maximum Gasteiger partial charge on any atom is 0.408 e. The number of benzene rings is 2. The number of amides is 3. The van der Waals surface area contributed by atoms with Crippen LogP contribution in [0.1, 0.15) is 51.8 Å². The Balaban J connectivity index is 2.03. The van der Waals surface area contributed by atoms with Gasteiger partial charge in [-0.05, 0) is 45.7 Å². The highest BCUT2D eigenvalue weighted by molar-refractivity contribution is 5.91. The first-order valence-corrected chi connectivity index (χ1v) is 10.7. The molecule has 0 aliphatic carbocycles. The van der Waals surface area contributed by atoms with Crippen LogP contribution in [0.4, 0.5) is 4.79 Å². The Morgan fingerprint density at radius 1 is 0.812 bits per heavy atom. The van der Waals surface area contributed by atoms with E-state index in [1.54, 1.807) is 27.7 Å². The molecule has 0 radical (unpaired) electrons. The largest absolute Gasteiger partial charge is 0.444 e. The van der Waals surface area contributed by atoms with Crippen molar-refractivity contribution in [3.63, 3.8) is 0 Å². The Kier molecular flexibility index (Phi) is 8.81. The Morgan fingerprint density at radius 2 is 1.38 bits per heavy atom. The van der Waals surface area contributed by atoms with Crippen LogP contribution in [0.3, 0.4) is 0 Å². The van der Waals surface area contributed by atoms with Gasteiger partial charge in [-0.25, -0.2) is 4.79 Å². The lowest BCUT2D eigenvalue weighted by Crippen LogP contribution is -2.54. The molecule has 0 aliphatic heterocycles. The van der Waals surface area contributed by atoms with E-state index in [1.165, 1.54) is 0 Å². The van der Waals surface area contributed by atoms with Crippen molar-refractivity contribution in [3.8, 4) is 0 Å². The van der Waals surface area contributed by atoms with Crippen molar-refractivity contribution in [2.45, 2.75) is 64.8 Å². The van der Waals surface area contributed by atoms with Crippen molar-refractivity contribution in [3.05, 3.63) is 71.8 Å². The number of alkyl carbamates (subject to hydrolysis) is 1. The van der Waals surface area contributed by atoms with Gasteiger partial charge >= 0.3 is 6.09 Å². The van der Waals surface area contributed by atoms with Crippen LogP contribution >= 0.6 is 0 Å². The molecule has 0 fully saturated rings. The molecule has 0 unspecified atom stereocenters. The predicted molar refractivity (Wildman–Crippen MR) is 124 cm³/mol. The summed E-state index contributed by atoms with van der Waals surface area (Å²) in [5, 5.41) is 8.23. The lowest BCUT2D eigenvalue weighted by molar-refractivity contribution is -0.130. The summed E-state index contributed by atoms with van der Waals surface area (Å²) in [5.74, 6) is -0.778. The molecule has 0 saturated heterocycles. The van der Waals surface area contributed by atoms with Crippen LogP contribution in [0.15, 0.2) is 60.7 Å². The van der Waals surface area contributed by atoms with Crippen LogP contribution in [0.5, 0.6) is 0 Å². The van der Waals surface area contributed by atoms with E-state index in [0.29, 0.717) is 0 Å². The summed E-state index contributed by atoms with van der Waals surface area (Å²) in [5.41, 5.74) is 1.14.